The molecule has 0 saturated carbocycles. The second kappa shape index (κ2) is 5.72. The lowest BCUT2D eigenvalue weighted by molar-refractivity contribution is 0.500. The van der Waals surface area contributed by atoms with Crippen molar-refractivity contribution in [3.8, 4) is 0 Å². The van der Waals surface area contributed by atoms with Gasteiger partial charge < -0.3 is 5.32 Å². The third kappa shape index (κ3) is 3.13. The number of hydrogen-bond donors (Lipinski definition) is 1. The molecule has 0 aliphatic heterocycles. The van der Waals surface area contributed by atoms with E-state index in [1.54, 1.807) is 11.7 Å². The summed E-state index contributed by atoms with van der Waals surface area (Å²) in [5.74, 6) is 0.733. The van der Waals surface area contributed by atoms with E-state index < -0.39 is 0 Å². The van der Waals surface area contributed by atoms with Crippen LogP contribution >= 0.6 is 0 Å². The first-order valence-electron chi connectivity index (χ1n) is 6.15. The van der Waals surface area contributed by atoms with Crippen LogP contribution in [0.4, 0.5) is 0 Å². The zero-order valence-corrected chi connectivity index (χ0v) is 11.0. The standard InChI is InChI=1S/C11H19N7/c1-4-6-12-10(9-5-7-17(2)14-9)8-11-13-16-18(3)15-11/h5,7,10,12H,4,6,8H2,1-3H3. The first-order valence-corrected chi connectivity index (χ1v) is 6.15. The normalized spacial score (nSPS) is 12.8. The van der Waals surface area contributed by atoms with Crippen molar-refractivity contribution >= 4 is 0 Å². The monoisotopic (exact) mass is 249 g/mol. The summed E-state index contributed by atoms with van der Waals surface area (Å²) in [4.78, 5) is 1.48. The molecule has 0 aromatic carbocycles. The number of nitrogens with one attached hydrogen (secondary N) is 1. The lowest BCUT2D eigenvalue weighted by Gasteiger charge is -2.14. The van der Waals surface area contributed by atoms with Crippen LogP contribution in [-0.2, 0) is 20.5 Å². The molecule has 0 fully saturated rings. The molecule has 7 nitrogen and oxygen atoms in total. The van der Waals surface area contributed by atoms with Gasteiger partial charge in [0.25, 0.3) is 0 Å². The lowest BCUT2D eigenvalue weighted by Crippen LogP contribution is -2.25. The van der Waals surface area contributed by atoms with Gasteiger partial charge in [-0.05, 0) is 24.2 Å². The number of nitrogens with zero attached hydrogens (tertiary/aromatic N) is 6. The average molecular weight is 249 g/mol. The van der Waals surface area contributed by atoms with Crippen LogP contribution in [0.3, 0.4) is 0 Å². The number of rotatable bonds is 6. The summed E-state index contributed by atoms with van der Waals surface area (Å²) in [5, 5.41) is 20.0. The van der Waals surface area contributed by atoms with Crippen LogP contribution in [0.2, 0.25) is 0 Å². The van der Waals surface area contributed by atoms with Gasteiger partial charge in [-0.15, -0.1) is 10.2 Å². The predicted octanol–water partition coefficient (Wildman–Crippen LogP) is 0.227. The van der Waals surface area contributed by atoms with Gasteiger partial charge in [0.2, 0.25) is 0 Å². The zero-order chi connectivity index (χ0) is 13.0. The van der Waals surface area contributed by atoms with E-state index in [4.69, 9.17) is 0 Å². The molecular formula is C11H19N7. The fourth-order valence-corrected chi connectivity index (χ4v) is 1.81. The number of aryl methyl sites for hydroxylation is 2. The minimum atomic E-state index is 0.135. The van der Waals surface area contributed by atoms with Gasteiger partial charge in [-0.25, -0.2) is 0 Å². The van der Waals surface area contributed by atoms with Crippen molar-refractivity contribution < 1.29 is 0 Å². The molecule has 0 radical (unpaired) electrons. The molecule has 0 bridgehead atoms. The van der Waals surface area contributed by atoms with E-state index in [9.17, 15) is 0 Å². The number of hydrogen-bond acceptors (Lipinski definition) is 5. The average Bonchev–Trinajstić information content (AvgIpc) is 2.93. The minimum Gasteiger partial charge on any atom is -0.308 e. The molecule has 1 N–H and O–H groups in total. The zero-order valence-electron chi connectivity index (χ0n) is 11.0. The van der Waals surface area contributed by atoms with Crippen molar-refractivity contribution in [1.29, 1.82) is 0 Å². The van der Waals surface area contributed by atoms with Crippen molar-refractivity contribution in [2.24, 2.45) is 14.1 Å². The van der Waals surface area contributed by atoms with Gasteiger partial charge in [0.15, 0.2) is 5.82 Å². The summed E-state index contributed by atoms with van der Waals surface area (Å²) in [5.41, 5.74) is 1.01. The van der Waals surface area contributed by atoms with Gasteiger partial charge in [0, 0.05) is 19.7 Å². The third-order valence-electron chi connectivity index (χ3n) is 2.67. The Bertz CT molecular complexity index is 487. The summed E-state index contributed by atoms with van der Waals surface area (Å²) < 4.78 is 1.81. The van der Waals surface area contributed by atoms with Crippen LogP contribution in [0.25, 0.3) is 0 Å². The molecule has 0 amide bonds. The summed E-state index contributed by atoms with van der Waals surface area (Å²) in [6, 6.07) is 2.15. The summed E-state index contributed by atoms with van der Waals surface area (Å²) in [6.07, 6.45) is 3.72. The van der Waals surface area contributed by atoms with E-state index in [1.807, 2.05) is 19.3 Å². The Balaban J connectivity index is 2.09. The highest BCUT2D eigenvalue weighted by Gasteiger charge is 2.16. The molecule has 0 saturated heterocycles. The number of tetrazole rings is 1. The molecule has 0 aliphatic carbocycles. The Morgan fingerprint density at radius 1 is 1.33 bits per heavy atom. The highest BCUT2D eigenvalue weighted by molar-refractivity contribution is 5.07. The molecule has 98 valence electrons. The molecule has 18 heavy (non-hydrogen) atoms. The van der Waals surface area contributed by atoms with E-state index in [0.717, 1.165) is 24.5 Å². The van der Waals surface area contributed by atoms with Crippen LogP contribution < -0.4 is 5.32 Å². The van der Waals surface area contributed by atoms with Crippen molar-refractivity contribution in [1.82, 2.24) is 35.3 Å². The summed E-state index contributed by atoms with van der Waals surface area (Å²) in [7, 11) is 3.69. The topological polar surface area (TPSA) is 73.5 Å². The Morgan fingerprint density at radius 3 is 2.72 bits per heavy atom. The molecule has 7 heteroatoms. The molecule has 0 spiro atoms. The van der Waals surface area contributed by atoms with Crippen molar-refractivity contribution in [2.75, 3.05) is 6.54 Å². The molecule has 1 atom stereocenters. The van der Waals surface area contributed by atoms with E-state index in [1.165, 1.54) is 4.80 Å². The molecule has 1 unspecified atom stereocenters. The van der Waals surface area contributed by atoms with E-state index in [0.29, 0.717) is 6.42 Å². The molecule has 0 aliphatic rings. The third-order valence-corrected chi connectivity index (χ3v) is 2.67. The second-order valence-electron chi connectivity index (χ2n) is 4.32. The Labute approximate surface area is 106 Å². The van der Waals surface area contributed by atoms with Crippen LogP contribution in [0.5, 0.6) is 0 Å². The highest BCUT2D eigenvalue weighted by atomic mass is 15.6. The predicted molar refractivity (Wildman–Crippen MR) is 66.7 cm³/mol. The van der Waals surface area contributed by atoms with Gasteiger partial charge in [-0.2, -0.15) is 9.90 Å². The maximum absolute atomic E-state index is 4.44. The van der Waals surface area contributed by atoms with Gasteiger partial charge in [-0.1, -0.05) is 6.92 Å². The smallest absolute Gasteiger partial charge is 0.176 e. The fourth-order valence-electron chi connectivity index (χ4n) is 1.81. The molecule has 2 aromatic rings. The molecule has 2 aromatic heterocycles. The number of aromatic nitrogens is 6. The van der Waals surface area contributed by atoms with Crippen LogP contribution in [0.1, 0.15) is 30.9 Å². The fraction of sp³-hybridized carbons (Fsp3) is 0.636. The first-order chi connectivity index (χ1) is 8.69. The highest BCUT2D eigenvalue weighted by Crippen LogP contribution is 2.14. The molecule has 2 heterocycles. The van der Waals surface area contributed by atoms with Crippen molar-refractivity contribution in [2.45, 2.75) is 25.8 Å². The van der Waals surface area contributed by atoms with Crippen molar-refractivity contribution in [3.63, 3.8) is 0 Å². The maximum atomic E-state index is 4.44. The van der Waals surface area contributed by atoms with E-state index in [-0.39, 0.29) is 6.04 Å². The summed E-state index contributed by atoms with van der Waals surface area (Å²) in [6.45, 7) is 3.09. The lowest BCUT2D eigenvalue weighted by atomic mass is 10.1. The maximum Gasteiger partial charge on any atom is 0.176 e. The quantitative estimate of drug-likeness (QED) is 0.793. The first kappa shape index (κ1) is 12.7. The van der Waals surface area contributed by atoms with E-state index >= 15 is 0 Å². The Hall–Kier alpha value is -1.76. The Kier molecular flexibility index (Phi) is 4.03. The summed E-state index contributed by atoms with van der Waals surface area (Å²) >= 11 is 0. The SMILES string of the molecule is CCCNC(Cc1nnn(C)n1)c1ccn(C)n1. The van der Waals surface area contributed by atoms with Gasteiger partial charge in [0.1, 0.15) is 0 Å². The van der Waals surface area contributed by atoms with Crippen LogP contribution in [0.15, 0.2) is 12.3 Å². The molecule has 2 rings (SSSR count). The van der Waals surface area contributed by atoms with Gasteiger partial charge >= 0.3 is 0 Å². The second-order valence-corrected chi connectivity index (χ2v) is 4.32. The minimum absolute atomic E-state index is 0.135. The van der Waals surface area contributed by atoms with E-state index in [2.05, 4.69) is 32.7 Å². The van der Waals surface area contributed by atoms with Gasteiger partial charge in [0.05, 0.1) is 18.8 Å². The Morgan fingerprint density at radius 2 is 2.17 bits per heavy atom. The van der Waals surface area contributed by atoms with Gasteiger partial charge in [-0.3, -0.25) is 4.68 Å². The van der Waals surface area contributed by atoms with Crippen LogP contribution in [0, 0.1) is 0 Å². The largest absolute Gasteiger partial charge is 0.308 e. The molecular weight excluding hydrogens is 230 g/mol. The van der Waals surface area contributed by atoms with Crippen LogP contribution in [-0.4, -0.2) is 36.5 Å². The van der Waals surface area contributed by atoms with Crippen molar-refractivity contribution in [3.05, 3.63) is 23.8 Å².